The van der Waals surface area contributed by atoms with Gasteiger partial charge in [0.15, 0.2) is 17.5 Å². The van der Waals surface area contributed by atoms with Gasteiger partial charge in [-0.2, -0.15) is 0 Å². The molecule has 5 nitrogen and oxygen atoms in total. The van der Waals surface area contributed by atoms with E-state index in [1.165, 1.54) is 0 Å². The summed E-state index contributed by atoms with van der Waals surface area (Å²) < 4.78 is 7.12. The lowest BCUT2D eigenvalue weighted by atomic mass is 9.63. The van der Waals surface area contributed by atoms with Crippen molar-refractivity contribution >= 4 is 21.5 Å². The molecule has 0 aliphatic carbocycles. The van der Waals surface area contributed by atoms with Gasteiger partial charge >= 0.3 is 0 Å². The van der Waals surface area contributed by atoms with Gasteiger partial charge in [0, 0.05) is 55.5 Å². The van der Waals surface area contributed by atoms with Crippen molar-refractivity contribution in [3.63, 3.8) is 0 Å². The van der Waals surface area contributed by atoms with Crippen molar-refractivity contribution in [2.24, 2.45) is 0 Å². The van der Waals surface area contributed by atoms with Crippen LogP contribution in [0, 0.1) is 13.8 Å². The van der Waals surface area contributed by atoms with E-state index in [4.69, 9.17) is 19.7 Å². The summed E-state index contributed by atoms with van der Waals surface area (Å²) >= 11 is 0. The number of rotatable bonds is 6. The van der Waals surface area contributed by atoms with Crippen LogP contribution in [0.5, 0.6) is 11.5 Å². The normalized spacial score (nSPS) is 12.8. The molecule has 0 unspecified atom stereocenters. The molecule has 0 fully saturated rings. The highest BCUT2D eigenvalue weighted by atomic mass is 16.5. The molecule has 0 amide bonds. The molecule has 0 saturated carbocycles. The average Bonchev–Trinajstić information content (AvgIpc) is 3.31. The van der Waals surface area contributed by atoms with Crippen LogP contribution in [0.1, 0.15) is 33.6 Å². The fourth-order valence-electron chi connectivity index (χ4n) is 9.03. The predicted molar refractivity (Wildman–Crippen MR) is 242 cm³/mol. The van der Waals surface area contributed by atoms with Crippen molar-refractivity contribution in [1.29, 1.82) is 0 Å². The molecule has 0 radical (unpaired) electrons. The summed E-state index contributed by atoms with van der Waals surface area (Å²) in [6.07, 6.45) is 0. The lowest BCUT2D eigenvalue weighted by Gasteiger charge is -2.42. The van der Waals surface area contributed by atoms with Crippen LogP contribution in [0.15, 0.2) is 194 Å². The first-order valence-electron chi connectivity index (χ1n) is 20.3. The number of aryl methyl sites for hydroxylation is 2. The molecule has 3 heterocycles. The Balaban J connectivity index is 1.09. The molecule has 11 rings (SSSR count). The van der Waals surface area contributed by atoms with E-state index < -0.39 is 5.41 Å². The molecular weight excluding hydrogens is 733 g/mol. The molecule has 10 aromatic rings. The SMILES string of the molecule is Cc1ccc(-c2ccc(-c3nc(-c4ccccc4)nc(-c4ccc(C5(c6ccccc6)c6ccc7ccccc7c6Oc6c5ccc5ccccc65)cc4)n3)cc2)c(C)n1. The zero-order valence-electron chi connectivity index (χ0n) is 33.2. The van der Waals surface area contributed by atoms with Crippen LogP contribution in [0.2, 0.25) is 0 Å². The first-order valence-corrected chi connectivity index (χ1v) is 20.3. The van der Waals surface area contributed by atoms with Gasteiger partial charge in [0.2, 0.25) is 0 Å². The van der Waals surface area contributed by atoms with E-state index in [1.807, 2.05) is 37.3 Å². The molecule has 284 valence electrons. The van der Waals surface area contributed by atoms with Gasteiger partial charge in [-0.1, -0.05) is 188 Å². The highest BCUT2D eigenvalue weighted by Crippen LogP contribution is 2.58. The van der Waals surface area contributed by atoms with Crippen LogP contribution in [0.3, 0.4) is 0 Å². The molecular formula is C55H38N4O. The summed E-state index contributed by atoms with van der Waals surface area (Å²) in [7, 11) is 0. The second-order valence-corrected chi connectivity index (χ2v) is 15.5. The summed E-state index contributed by atoms with van der Waals surface area (Å²) in [5.74, 6) is 3.58. The largest absolute Gasteiger partial charge is 0.455 e. The van der Waals surface area contributed by atoms with E-state index in [2.05, 4.69) is 176 Å². The molecule has 0 bridgehead atoms. The van der Waals surface area contributed by atoms with Gasteiger partial charge in [-0.25, -0.2) is 15.0 Å². The Morgan fingerprint density at radius 1 is 0.367 bits per heavy atom. The quantitative estimate of drug-likeness (QED) is 0.168. The third kappa shape index (κ3) is 5.77. The summed E-state index contributed by atoms with van der Waals surface area (Å²) in [5, 5.41) is 4.42. The second-order valence-electron chi connectivity index (χ2n) is 15.5. The minimum atomic E-state index is -0.705. The number of aromatic nitrogens is 4. The second kappa shape index (κ2) is 14.3. The minimum absolute atomic E-state index is 0.603. The van der Waals surface area contributed by atoms with Gasteiger partial charge in [0.1, 0.15) is 11.5 Å². The maximum atomic E-state index is 7.12. The molecule has 60 heavy (non-hydrogen) atoms. The van der Waals surface area contributed by atoms with Crippen LogP contribution in [0.25, 0.3) is 66.8 Å². The Kier molecular flexibility index (Phi) is 8.41. The smallest absolute Gasteiger partial charge is 0.164 e. The first kappa shape index (κ1) is 35.4. The Labute approximate surface area is 348 Å². The van der Waals surface area contributed by atoms with Gasteiger partial charge in [0.05, 0.1) is 5.41 Å². The zero-order valence-corrected chi connectivity index (χ0v) is 33.2. The molecule has 0 N–H and O–H groups in total. The van der Waals surface area contributed by atoms with Crippen molar-refractivity contribution in [3.05, 3.63) is 228 Å². The van der Waals surface area contributed by atoms with Gasteiger partial charge in [-0.3, -0.25) is 4.98 Å². The maximum absolute atomic E-state index is 7.12. The molecule has 1 aliphatic rings. The van der Waals surface area contributed by atoms with Crippen LogP contribution in [-0.2, 0) is 5.41 Å². The molecule has 5 heteroatoms. The van der Waals surface area contributed by atoms with Crippen molar-refractivity contribution in [1.82, 2.24) is 19.9 Å². The van der Waals surface area contributed by atoms with Crippen molar-refractivity contribution in [2.45, 2.75) is 19.3 Å². The van der Waals surface area contributed by atoms with E-state index >= 15 is 0 Å². The van der Waals surface area contributed by atoms with E-state index in [9.17, 15) is 0 Å². The van der Waals surface area contributed by atoms with Crippen molar-refractivity contribution < 1.29 is 4.74 Å². The van der Waals surface area contributed by atoms with Crippen LogP contribution >= 0.6 is 0 Å². The third-order valence-corrected chi connectivity index (χ3v) is 11.9. The van der Waals surface area contributed by atoms with E-state index in [0.29, 0.717) is 17.5 Å². The number of fused-ring (bicyclic) bond motifs is 6. The Morgan fingerprint density at radius 3 is 1.37 bits per heavy atom. The minimum Gasteiger partial charge on any atom is -0.455 e. The van der Waals surface area contributed by atoms with Crippen LogP contribution in [-0.4, -0.2) is 19.9 Å². The summed E-state index contributed by atoms with van der Waals surface area (Å²) in [6.45, 7) is 4.07. The zero-order chi connectivity index (χ0) is 40.2. The molecule has 0 atom stereocenters. The highest BCUT2D eigenvalue weighted by molar-refractivity contribution is 5.97. The lowest BCUT2D eigenvalue weighted by Crippen LogP contribution is -2.34. The van der Waals surface area contributed by atoms with Gasteiger partial charge in [-0.15, -0.1) is 0 Å². The number of benzene rings is 8. The number of hydrogen-bond donors (Lipinski definition) is 0. The Morgan fingerprint density at radius 2 is 0.817 bits per heavy atom. The lowest BCUT2D eigenvalue weighted by molar-refractivity contribution is 0.445. The average molecular weight is 771 g/mol. The summed E-state index contributed by atoms with van der Waals surface area (Å²) in [5.41, 5.74) is 10.7. The number of pyridine rings is 1. The number of nitrogens with zero attached hydrogens (tertiary/aromatic N) is 4. The van der Waals surface area contributed by atoms with Crippen molar-refractivity contribution in [2.75, 3.05) is 0 Å². The first-order chi connectivity index (χ1) is 29.5. The Hall–Kier alpha value is -7.76. The van der Waals surface area contributed by atoms with E-state index in [0.717, 1.165) is 94.5 Å². The highest BCUT2D eigenvalue weighted by Gasteiger charge is 2.46. The van der Waals surface area contributed by atoms with Crippen LogP contribution in [0.4, 0.5) is 0 Å². The maximum Gasteiger partial charge on any atom is 0.164 e. The monoisotopic (exact) mass is 770 g/mol. The molecule has 0 spiro atoms. The fourth-order valence-corrected chi connectivity index (χ4v) is 9.03. The topological polar surface area (TPSA) is 60.8 Å². The number of ether oxygens (including phenoxy) is 1. The standard InChI is InChI=1S/C55H38N4O/c1-35-21-32-45(36(2)56-35)39-22-24-41(25-23-39)53-57-52(40-15-5-3-6-16-40)58-54(59-53)42-26-30-44(31-27-42)55(43-17-7-4-8-18-43)48-33-28-37-13-9-11-19-46(37)50(48)60-51-47-20-12-10-14-38(47)29-34-49(51)55/h3-34H,1-2H3. The van der Waals surface area contributed by atoms with Gasteiger partial charge in [0.25, 0.3) is 0 Å². The fraction of sp³-hybridized carbons (Fsp3) is 0.0545. The van der Waals surface area contributed by atoms with E-state index in [1.54, 1.807) is 0 Å². The predicted octanol–water partition coefficient (Wildman–Crippen LogP) is 13.3. The van der Waals surface area contributed by atoms with E-state index in [-0.39, 0.29) is 0 Å². The van der Waals surface area contributed by atoms with Gasteiger partial charge in [-0.05, 0) is 47.4 Å². The summed E-state index contributed by atoms with van der Waals surface area (Å²) in [6, 6.07) is 68.3. The molecule has 1 aliphatic heterocycles. The molecule has 0 saturated heterocycles. The molecule has 8 aromatic carbocycles. The Bertz CT molecular complexity index is 3150. The third-order valence-electron chi connectivity index (χ3n) is 11.9. The van der Waals surface area contributed by atoms with Gasteiger partial charge < -0.3 is 4.74 Å². The van der Waals surface area contributed by atoms with Crippen LogP contribution < -0.4 is 4.74 Å². The van der Waals surface area contributed by atoms with Crippen molar-refractivity contribution in [3.8, 4) is 56.8 Å². The molecule has 2 aromatic heterocycles. The summed E-state index contributed by atoms with van der Waals surface area (Å²) in [4.78, 5) is 19.9. The number of hydrogen-bond acceptors (Lipinski definition) is 5.